The summed E-state index contributed by atoms with van der Waals surface area (Å²) in [4.78, 5) is 23.5. The van der Waals surface area contributed by atoms with E-state index in [-0.39, 0.29) is 37.5 Å². The molecule has 158 valence electrons. The zero-order chi connectivity index (χ0) is 21.1. The molecule has 0 radical (unpaired) electrons. The van der Waals surface area contributed by atoms with Gasteiger partial charge in [-0.2, -0.15) is 8.42 Å². The first kappa shape index (κ1) is 21.3. The van der Waals surface area contributed by atoms with E-state index in [1.165, 1.54) is 0 Å². The summed E-state index contributed by atoms with van der Waals surface area (Å²) in [6.07, 6.45) is 0.464. The van der Waals surface area contributed by atoms with Crippen molar-refractivity contribution in [3.8, 4) is 0 Å². The number of carbonyl (C=O) groups excluding carboxylic acids is 2. The van der Waals surface area contributed by atoms with Crippen LogP contribution in [0.1, 0.15) is 41.0 Å². The molecule has 2 aliphatic carbocycles. The second-order valence-corrected chi connectivity index (χ2v) is 10.5. The zero-order valence-electron chi connectivity index (χ0n) is 17.0. The topological polar surface area (TPSA) is 108 Å². The van der Waals surface area contributed by atoms with Gasteiger partial charge in [0.05, 0.1) is 11.8 Å². The smallest absolute Gasteiger partial charge is 0.333 e. The minimum absolute atomic E-state index is 0.0340. The van der Waals surface area contributed by atoms with Gasteiger partial charge in [0.2, 0.25) is 5.91 Å². The number of carbonyl (C=O) groups is 2. The highest BCUT2D eigenvalue weighted by Gasteiger charge is 2.83. The molecule has 9 heteroatoms. The Morgan fingerprint density at radius 1 is 1.29 bits per heavy atom. The average molecular weight is 416 g/mol. The van der Waals surface area contributed by atoms with Crippen LogP contribution in [0, 0.1) is 17.3 Å². The molecule has 1 aliphatic heterocycles. The number of ether oxygens (including phenoxy) is 2. The van der Waals surface area contributed by atoms with Crippen LogP contribution >= 0.6 is 0 Å². The lowest BCUT2D eigenvalue weighted by Gasteiger charge is -2.49. The first-order valence-corrected chi connectivity index (χ1v) is 10.9. The summed E-state index contributed by atoms with van der Waals surface area (Å²) in [5, 5.41) is 2.12. The van der Waals surface area contributed by atoms with Crippen LogP contribution in [0.3, 0.4) is 0 Å². The SMILES string of the molecule is C=C(C)C(=O)OCCNC(=O)COC1(C)C2(C)CC3C(C2C)C1(C)OS3(=O)=O. The molecule has 0 spiro atoms. The maximum absolute atomic E-state index is 12.5. The van der Waals surface area contributed by atoms with Crippen LogP contribution < -0.4 is 5.32 Å². The molecule has 6 atom stereocenters. The van der Waals surface area contributed by atoms with E-state index in [1.54, 1.807) is 13.8 Å². The van der Waals surface area contributed by atoms with Gasteiger partial charge in [-0.1, -0.05) is 20.4 Å². The van der Waals surface area contributed by atoms with E-state index >= 15 is 0 Å². The van der Waals surface area contributed by atoms with Crippen LogP contribution in [-0.2, 0) is 33.4 Å². The van der Waals surface area contributed by atoms with Crippen molar-refractivity contribution in [2.24, 2.45) is 17.3 Å². The zero-order valence-corrected chi connectivity index (χ0v) is 17.9. The van der Waals surface area contributed by atoms with Crippen molar-refractivity contribution >= 4 is 22.0 Å². The van der Waals surface area contributed by atoms with Crippen molar-refractivity contribution in [1.29, 1.82) is 0 Å². The summed E-state index contributed by atoms with van der Waals surface area (Å²) in [7, 11) is -3.64. The van der Waals surface area contributed by atoms with Gasteiger partial charge in [0.25, 0.3) is 10.1 Å². The quantitative estimate of drug-likeness (QED) is 0.288. The van der Waals surface area contributed by atoms with Crippen molar-refractivity contribution in [2.75, 3.05) is 19.8 Å². The highest BCUT2D eigenvalue weighted by molar-refractivity contribution is 7.87. The Labute approximate surface area is 166 Å². The fourth-order valence-electron chi connectivity index (χ4n) is 5.54. The highest BCUT2D eigenvalue weighted by atomic mass is 32.2. The van der Waals surface area contributed by atoms with E-state index in [1.807, 2.05) is 20.8 Å². The van der Waals surface area contributed by atoms with E-state index in [2.05, 4.69) is 11.9 Å². The van der Waals surface area contributed by atoms with E-state index in [9.17, 15) is 18.0 Å². The van der Waals surface area contributed by atoms with Crippen LogP contribution in [0.5, 0.6) is 0 Å². The minimum Gasteiger partial charge on any atom is -0.460 e. The first-order chi connectivity index (χ1) is 12.8. The lowest BCUT2D eigenvalue weighted by atomic mass is 9.66. The molecule has 2 bridgehead atoms. The van der Waals surface area contributed by atoms with Crippen LogP contribution in [0.4, 0.5) is 0 Å². The second-order valence-electron chi connectivity index (χ2n) is 8.75. The van der Waals surface area contributed by atoms with Gasteiger partial charge in [-0.05, 0) is 33.1 Å². The molecule has 8 nitrogen and oxygen atoms in total. The molecule has 3 aliphatic rings. The molecule has 1 N–H and O–H groups in total. The Bertz CT molecular complexity index is 824. The number of hydrogen-bond acceptors (Lipinski definition) is 7. The number of hydrogen-bond donors (Lipinski definition) is 1. The number of amides is 1. The summed E-state index contributed by atoms with van der Waals surface area (Å²) in [5.74, 6) is -0.942. The molecule has 28 heavy (non-hydrogen) atoms. The van der Waals surface area contributed by atoms with Crippen LogP contribution in [0.15, 0.2) is 12.2 Å². The molecule has 3 fully saturated rings. The van der Waals surface area contributed by atoms with Gasteiger partial charge in [-0.25, -0.2) is 4.79 Å². The lowest BCUT2D eigenvalue weighted by molar-refractivity contribution is -0.194. The molecule has 0 aromatic rings. The van der Waals surface area contributed by atoms with Crippen molar-refractivity contribution in [3.63, 3.8) is 0 Å². The van der Waals surface area contributed by atoms with Crippen molar-refractivity contribution in [3.05, 3.63) is 12.2 Å². The van der Waals surface area contributed by atoms with Gasteiger partial charge in [0.15, 0.2) is 0 Å². The summed E-state index contributed by atoms with van der Waals surface area (Å²) in [5.41, 5.74) is -2.05. The van der Waals surface area contributed by atoms with Crippen LogP contribution in [0.25, 0.3) is 0 Å². The normalized spacial score (nSPS) is 42.4. The monoisotopic (exact) mass is 415 g/mol. The molecular weight excluding hydrogens is 386 g/mol. The van der Waals surface area contributed by atoms with E-state index in [4.69, 9.17) is 13.7 Å². The summed E-state index contributed by atoms with van der Waals surface area (Å²) < 4.78 is 41.5. The van der Waals surface area contributed by atoms with Gasteiger partial charge in [0.1, 0.15) is 24.4 Å². The predicted molar refractivity (Wildman–Crippen MR) is 101 cm³/mol. The van der Waals surface area contributed by atoms with E-state index < -0.39 is 38.0 Å². The van der Waals surface area contributed by atoms with Gasteiger partial charge in [-0.15, -0.1) is 0 Å². The van der Waals surface area contributed by atoms with Gasteiger partial charge in [0, 0.05) is 16.9 Å². The molecule has 1 saturated heterocycles. The third kappa shape index (κ3) is 2.74. The van der Waals surface area contributed by atoms with Crippen molar-refractivity contribution in [2.45, 2.75) is 57.5 Å². The maximum atomic E-state index is 12.5. The van der Waals surface area contributed by atoms with Crippen molar-refractivity contribution in [1.82, 2.24) is 5.32 Å². The Morgan fingerprint density at radius 2 is 1.93 bits per heavy atom. The lowest BCUT2D eigenvalue weighted by Crippen LogP contribution is -2.60. The molecule has 6 unspecified atom stereocenters. The summed E-state index contributed by atoms with van der Waals surface area (Å²) in [6, 6.07) is 0. The minimum atomic E-state index is -3.64. The molecule has 2 saturated carbocycles. The second kappa shape index (κ2) is 6.53. The van der Waals surface area contributed by atoms with Gasteiger partial charge < -0.3 is 14.8 Å². The molecule has 3 rings (SSSR count). The Hall–Kier alpha value is -1.45. The standard InChI is InChI=1S/C19H29NO7S/c1-11(2)16(22)25-8-7-20-14(21)10-26-19(6)17(4)9-13-15(12(17)3)18(19,5)27-28(13,23)24/h12-13,15H,1,7-10H2,2-6H3,(H,20,21). The molecular formula is C19H29NO7S. The molecule has 0 aromatic carbocycles. The number of rotatable bonds is 7. The first-order valence-electron chi connectivity index (χ1n) is 9.48. The third-order valence-corrected chi connectivity index (χ3v) is 9.18. The third-order valence-electron chi connectivity index (χ3n) is 7.40. The van der Waals surface area contributed by atoms with Crippen molar-refractivity contribution < 1.29 is 31.7 Å². The molecule has 0 aromatic heterocycles. The Balaban J connectivity index is 1.62. The summed E-state index contributed by atoms with van der Waals surface area (Å²) >= 11 is 0. The molecule has 1 amide bonds. The molecule has 1 heterocycles. The average Bonchev–Trinajstić information content (AvgIpc) is 3.02. The highest BCUT2D eigenvalue weighted by Crippen LogP contribution is 2.74. The fraction of sp³-hybridized carbons (Fsp3) is 0.789. The van der Waals surface area contributed by atoms with Crippen LogP contribution in [0.2, 0.25) is 0 Å². The largest absolute Gasteiger partial charge is 0.460 e. The number of nitrogens with one attached hydrogen (secondary N) is 1. The van der Waals surface area contributed by atoms with Gasteiger partial charge >= 0.3 is 5.97 Å². The number of esters is 1. The Morgan fingerprint density at radius 3 is 2.54 bits per heavy atom. The predicted octanol–water partition coefficient (Wildman–Crippen LogP) is 1.16. The van der Waals surface area contributed by atoms with E-state index in [0.29, 0.717) is 12.0 Å². The fourth-order valence-corrected chi connectivity index (χ4v) is 7.82. The van der Waals surface area contributed by atoms with Crippen LogP contribution in [-0.4, -0.2) is 56.5 Å². The summed E-state index contributed by atoms with van der Waals surface area (Å²) in [6.45, 7) is 12.7. The maximum Gasteiger partial charge on any atom is 0.333 e. The van der Waals surface area contributed by atoms with E-state index in [0.717, 1.165) is 0 Å². The van der Waals surface area contributed by atoms with Gasteiger partial charge in [-0.3, -0.25) is 8.98 Å². The Kier molecular flexibility index (Phi) is 4.96. The number of fused-ring (bicyclic) bond motifs is 1.